The number of aryl methyl sites for hydroxylation is 1. The fraction of sp³-hybridized carbons (Fsp3) is 0.462. The van der Waals surface area contributed by atoms with Crippen molar-refractivity contribution in [2.24, 2.45) is 0 Å². The first-order valence-corrected chi connectivity index (χ1v) is 5.86. The van der Waals surface area contributed by atoms with Gasteiger partial charge in [0.05, 0.1) is 17.7 Å². The fourth-order valence-corrected chi connectivity index (χ4v) is 2.23. The lowest BCUT2D eigenvalue weighted by Gasteiger charge is -2.41. The van der Waals surface area contributed by atoms with Crippen molar-refractivity contribution in [1.82, 2.24) is 5.32 Å². The molecule has 1 aliphatic carbocycles. The number of rotatable bonds is 3. The SMILES string of the molecule is Cc1cccc(N)c1C(=O)NC1(CO)CCC1. The Morgan fingerprint density at radius 2 is 2.24 bits per heavy atom. The number of hydrogen-bond acceptors (Lipinski definition) is 3. The van der Waals surface area contributed by atoms with Gasteiger partial charge in [-0.05, 0) is 37.8 Å². The number of carbonyl (C=O) groups excluding carboxylic acids is 1. The van der Waals surface area contributed by atoms with E-state index in [1.165, 1.54) is 0 Å². The Morgan fingerprint density at radius 3 is 2.71 bits per heavy atom. The molecular formula is C13H18N2O2. The average Bonchev–Trinajstić information content (AvgIpc) is 2.23. The van der Waals surface area contributed by atoms with Crippen molar-refractivity contribution in [3.8, 4) is 0 Å². The number of amides is 1. The molecule has 0 heterocycles. The minimum atomic E-state index is -0.425. The highest BCUT2D eigenvalue weighted by molar-refractivity contribution is 6.01. The first-order chi connectivity index (χ1) is 8.08. The monoisotopic (exact) mass is 234 g/mol. The summed E-state index contributed by atoms with van der Waals surface area (Å²) in [6.45, 7) is 1.85. The second-order valence-electron chi connectivity index (χ2n) is 4.79. The molecular weight excluding hydrogens is 216 g/mol. The summed E-state index contributed by atoms with van der Waals surface area (Å²) in [5.74, 6) is -0.186. The van der Waals surface area contributed by atoms with Gasteiger partial charge < -0.3 is 16.2 Å². The molecule has 0 radical (unpaired) electrons. The Labute approximate surface area is 101 Å². The Kier molecular flexibility index (Phi) is 3.07. The third kappa shape index (κ3) is 2.13. The van der Waals surface area contributed by atoms with Crippen LogP contribution in [-0.2, 0) is 0 Å². The van der Waals surface area contributed by atoms with Crippen molar-refractivity contribution in [2.75, 3.05) is 12.3 Å². The molecule has 17 heavy (non-hydrogen) atoms. The number of benzene rings is 1. The van der Waals surface area contributed by atoms with Crippen LogP contribution < -0.4 is 11.1 Å². The first kappa shape index (κ1) is 11.9. The van der Waals surface area contributed by atoms with E-state index in [2.05, 4.69) is 5.32 Å². The van der Waals surface area contributed by atoms with Gasteiger partial charge in [-0.1, -0.05) is 12.1 Å². The predicted octanol–water partition coefficient (Wildman–Crippen LogP) is 1.22. The van der Waals surface area contributed by atoms with E-state index >= 15 is 0 Å². The zero-order chi connectivity index (χ0) is 12.5. The molecule has 4 N–H and O–H groups in total. The van der Waals surface area contributed by atoms with Gasteiger partial charge in [-0.15, -0.1) is 0 Å². The molecule has 0 atom stereocenters. The van der Waals surface area contributed by atoms with Gasteiger partial charge in [0.25, 0.3) is 5.91 Å². The maximum atomic E-state index is 12.2. The highest BCUT2D eigenvalue weighted by Gasteiger charge is 2.38. The average molecular weight is 234 g/mol. The predicted molar refractivity (Wildman–Crippen MR) is 66.7 cm³/mol. The molecule has 4 heteroatoms. The summed E-state index contributed by atoms with van der Waals surface area (Å²) in [5.41, 5.74) is 7.25. The van der Waals surface area contributed by atoms with Gasteiger partial charge in [0.15, 0.2) is 0 Å². The van der Waals surface area contributed by atoms with Gasteiger partial charge >= 0.3 is 0 Å². The molecule has 0 saturated heterocycles. The molecule has 0 unspecified atom stereocenters. The lowest BCUT2D eigenvalue weighted by Crippen LogP contribution is -2.56. The van der Waals surface area contributed by atoms with E-state index in [-0.39, 0.29) is 12.5 Å². The molecule has 1 aromatic carbocycles. The van der Waals surface area contributed by atoms with Crippen LogP contribution in [0.2, 0.25) is 0 Å². The van der Waals surface area contributed by atoms with E-state index in [1.807, 2.05) is 19.1 Å². The van der Waals surface area contributed by atoms with Crippen molar-refractivity contribution in [2.45, 2.75) is 31.7 Å². The molecule has 4 nitrogen and oxygen atoms in total. The van der Waals surface area contributed by atoms with Crippen LogP contribution in [0.1, 0.15) is 35.2 Å². The molecule has 0 bridgehead atoms. The van der Waals surface area contributed by atoms with Crippen LogP contribution in [0.25, 0.3) is 0 Å². The second kappa shape index (κ2) is 4.37. The summed E-state index contributed by atoms with van der Waals surface area (Å²) < 4.78 is 0. The van der Waals surface area contributed by atoms with E-state index in [9.17, 15) is 9.90 Å². The van der Waals surface area contributed by atoms with Crippen molar-refractivity contribution in [3.05, 3.63) is 29.3 Å². The van der Waals surface area contributed by atoms with E-state index in [1.54, 1.807) is 6.07 Å². The normalized spacial score (nSPS) is 17.3. The zero-order valence-corrected chi connectivity index (χ0v) is 9.99. The Balaban J connectivity index is 2.20. The smallest absolute Gasteiger partial charge is 0.254 e. The summed E-state index contributed by atoms with van der Waals surface area (Å²) in [7, 11) is 0. The zero-order valence-electron chi connectivity index (χ0n) is 9.99. The van der Waals surface area contributed by atoms with Crippen molar-refractivity contribution in [1.29, 1.82) is 0 Å². The van der Waals surface area contributed by atoms with Gasteiger partial charge in [-0.25, -0.2) is 0 Å². The molecule has 1 aromatic rings. The third-order valence-electron chi connectivity index (χ3n) is 3.52. The number of carbonyl (C=O) groups is 1. The van der Waals surface area contributed by atoms with Gasteiger partial charge in [0.2, 0.25) is 0 Å². The highest BCUT2D eigenvalue weighted by atomic mass is 16.3. The summed E-state index contributed by atoms with van der Waals surface area (Å²) in [6, 6.07) is 5.40. The Bertz CT molecular complexity index is 413. The lowest BCUT2D eigenvalue weighted by molar-refractivity contribution is 0.0642. The van der Waals surface area contributed by atoms with Crippen molar-refractivity contribution < 1.29 is 9.90 Å². The van der Waals surface area contributed by atoms with Crippen LogP contribution in [0.4, 0.5) is 5.69 Å². The standard InChI is InChI=1S/C13H18N2O2/c1-9-4-2-5-10(14)11(9)12(17)15-13(8-16)6-3-7-13/h2,4-5,16H,3,6-8,14H2,1H3,(H,15,17). The topological polar surface area (TPSA) is 75.4 Å². The highest BCUT2D eigenvalue weighted by Crippen LogP contribution is 2.32. The molecule has 1 aliphatic rings. The molecule has 0 aliphatic heterocycles. The van der Waals surface area contributed by atoms with Crippen LogP contribution in [0.15, 0.2) is 18.2 Å². The minimum absolute atomic E-state index is 0.00940. The Hall–Kier alpha value is -1.55. The minimum Gasteiger partial charge on any atom is -0.398 e. The molecule has 1 saturated carbocycles. The molecule has 1 fully saturated rings. The molecule has 92 valence electrons. The fourth-order valence-electron chi connectivity index (χ4n) is 2.23. The van der Waals surface area contributed by atoms with E-state index in [0.29, 0.717) is 11.3 Å². The van der Waals surface area contributed by atoms with E-state index in [4.69, 9.17) is 5.73 Å². The van der Waals surface area contributed by atoms with Gasteiger partial charge in [0.1, 0.15) is 0 Å². The summed E-state index contributed by atoms with van der Waals surface area (Å²) in [5, 5.41) is 12.2. The number of nitrogens with one attached hydrogen (secondary N) is 1. The van der Waals surface area contributed by atoms with Crippen LogP contribution in [0.3, 0.4) is 0 Å². The number of nitrogen functional groups attached to an aromatic ring is 1. The van der Waals surface area contributed by atoms with E-state index in [0.717, 1.165) is 24.8 Å². The second-order valence-corrected chi connectivity index (χ2v) is 4.79. The van der Waals surface area contributed by atoms with Crippen LogP contribution in [0, 0.1) is 6.92 Å². The van der Waals surface area contributed by atoms with Crippen molar-refractivity contribution >= 4 is 11.6 Å². The summed E-state index contributed by atoms with van der Waals surface area (Å²) >= 11 is 0. The maximum absolute atomic E-state index is 12.2. The van der Waals surface area contributed by atoms with Gasteiger partial charge in [-0.2, -0.15) is 0 Å². The summed E-state index contributed by atoms with van der Waals surface area (Å²) in [4.78, 5) is 12.2. The number of anilines is 1. The van der Waals surface area contributed by atoms with Crippen LogP contribution in [-0.4, -0.2) is 23.2 Å². The first-order valence-electron chi connectivity index (χ1n) is 5.86. The number of aliphatic hydroxyl groups is 1. The number of nitrogens with two attached hydrogens (primary N) is 1. The summed E-state index contributed by atoms with van der Waals surface area (Å²) in [6.07, 6.45) is 2.71. The Morgan fingerprint density at radius 1 is 1.53 bits per heavy atom. The van der Waals surface area contributed by atoms with Gasteiger partial charge in [0, 0.05) is 5.69 Å². The lowest BCUT2D eigenvalue weighted by atomic mass is 9.77. The quantitative estimate of drug-likeness (QED) is 0.688. The molecule has 0 spiro atoms. The van der Waals surface area contributed by atoms with Crippen molar-refractivity contribution in [3.63, 3.8) is 0 Å². The maximum Gasteiger partial charge on any atom is 0.254 e. The van der Waals surface area contributed by atoms with Gasteiger partial charge in [-0.3, -0.25) is 4.79 Å². The third-order valence-corrected chi connectivity index (χ3v) is 3.52. The number of hydrogen-bond donors (Lipinski definition) is 3. The molecule has 1 amide bonds. The van der Waals surface area contributed by atoms with Crippen LogP contribution >= 0.6 is 0 Å². The van der Waals surface area contributed by atoms with E-state index < -0.39 is 5.54 Å². The largest absolute Gasteiger partial charge is 0.398 e. The molecule has 0 aromatic heterocycles. The number of aliphatic hydroxyl groups excluding tert-OH is 1. The van der Waals surface area contributed by atoms with Crippen LogP contribution in [0.5, 0.6) is 0 Å². The molecule has 2 rings (SSSR count).